The number of esters is 1. The van der Waals surface area contributed by atoms with Gasteiger partial charge >= 0.3 is 5.97 Å². The van der Waals surface area contributed by atoms with Crippen molar-refractivity contribution in [1.82, 2.24) is 4.57 Å². The van der Waals surface area contributed by atoms with E-state index >= 15 is 0 Å². The highest BCUT2D eigenvalue weighted by Crippen LogP contribution is 2.34. The van der Waals surface area contributed by atoms with Gasteiger partial charge in [0.2, 0.25) is 0 Å². The van der Waals surface area contributed by atoms with Gasteiger partial charge in [0.25, 0.3) is 5.91 Å². The molecular weight excluding hydrogens is 358 g/mol. The standard InChI is InChI=1S/C21H29N3O4/c1-14-19(21(22)27)20(15-6-8-16(9-7-15)23(2)3)17(10-11-18(26)28-4)24(14)12-5-13-25/h6-9,25H,5,10-13H2,1-4H3,(H2,22,27). The smallest absolute Gasteiger partial charge is 0.305 e. The third-order valence-electron chi connectivity index (χ3n) is 4.88. The number of aromatic nitrogens is 1. The van der Waals surface area contributed by atoms with Crippen LogP contribution in [0.2, 0.25) is 0 Å². The molecule has 0 saturated carbocycles. The van der Waals surface area contributed by atoms with Gasteiger partial charge < -0.3 is 25.0 Å². The van der Waals surface area contributed by atoms with Gasteiger partial charge in [-0.1, -0.05) is 12.1 Å². The highest BCUT2D eigenvalue weighted by atomic mass is 16.5. The summed E-state index contributed by atoms with van der Waals surface area (Å²) in [6.45, 7) is 2.42. The summed E-state index contributed by atoms with van der Waals surface area (Å²) < 4.78 is 6.76. The van der Waals surface area contributed by atoms with Crippen LogP contribution in [0.5, 0.6) is 0 Å². The summed E-state index contributed by atoms with van der Waals surface area (Å²) in [5.74, 6) is -0.826. The molecule has 7 heteroatoms. The molecule has 7 nitrogen and oxygen atoms in total. The Hall–Kier alpha value is -2.80. The number of hydrogen-bond acceptors (Lipinski definition) is 5. The Labute approximate surface area is 165 Å². The molecule has 0 spiro atoms. The van der Waals surface area contributed by atoms with E-state index in [-0.39, 0.29) is 19.0 Å². The summed E-state index contributed by atoms with van der Waals surface area (Å²) in [5.41, 5.74) is 10.4. The van der Waals surface area contributed by atoms with E-state index in [0.717, 1.165) is 28.2 Å². The fourth-order valence-corrected chi connectivity index (χ4v) is 3.45. The van der Waals surface area contributed by atoms with Gasteiger partial charge in [-0.3, -0.25) is 9.59 Å². The minimum atomic E-state index is -0.508. The first-order valence-electron chi connectivity index (χ1n) is 9.29. The maximum atomic E-state index is 12.3. The molecule has 0 aliphatic heterocycles. The molecule has 0 aliphatic carbocycles. The van der Waals surface area contributed by atoms with Crippen LogP contribution >= 0.6 is 0 Å². The van der Waals surface area contributed by atoms with E-state index in [1.165, 1.54) is 7.11 Å². The lowest BCUT2D eigenvalue weighted by molar-refractivity contribution is -0.140. The van der Waals surface area contributed by atoms with Crippen LogP contribution in [-0.4, -0.2) is 49.4 Å². The number of benzene rings is 1. The largest absolute Gasteiger partial charge is 0.469 e. The molecular formula is C21H29N3O4. The Morgan fingerprint density at radius 3 is 2.36 bits per heavy atom. The Kier molecular flexibility index (Phi) is 7.23. The van der Waals surface area contributed by atoms with E-state index in [4.69, 9.17) is 10.5 Å². The highest BCUT2D eigenvalue weighted by molar-refractivity contribution is 6.02. The summed E-state index contributed by atoms with van der Waals surface area (Å²) in [7, 11) is 5.27. The van der Waals surface area contributed by atoms with E-state index in [0.29, 0.717) is 24.9 Å². The molecule has 1 heterocycles. The minimum Gasteiger partial charge on any atom is -0.469 e. The maximum Gasteiger partial charge on any atom is 0.305 e. The van der Waals surface area contributed by atoms with Crippen molar-refractivity contribution in [2.75, 3.05) is 32.7 Å². The summed E-state index contributed by atoms with van der Waals surface area (Å²) in [4.78, 5) is 26.0. The number of hydrogen-bond donors (Lipinski definition) is 2. The number of aliphatic hydroxyl groups excluding tert-OH is 1. The third kappa shape index (κ3) is 4.54. The van der Waals surface area contributed by atoms with Crippen molar-refractivity contribution in [1.29, 1.82) is 0 Å². The molecule has 0 saturated heterocycles. The van der Waals surface area contributed by atoms with Crippen LogP contribution in [0, 0.1) is 6.92 Å². The van der Waals surface area contributed by atoms with Gasteiger partial charge in [0.1, 0.15) is 0 Å². The number of primary amides is 1. The van der Waals surface area contributed by atoms with Crippen molar-refractivity contribution in [3.8, 4) is 11.1 Å². The highest BCUT2D eigenvalue weighted by Gasteiger charge is 2.25. The van der Waals surface area contributed by atoms with Crippen LogP contribution in [0.1, 0.15) is 34.6 Å². The average molecular weight is 387 g/mol. The predicted molar refractivity (Wildman–Crippen MR) is 109 cm³/mol. The first-order valence-corrected chi connectivity index (χ1v) is 9.29. The van der Waals surface area contributed by atoms with Crippen molar-refractivity contribution in [2.24, 2.45) is 5.73 Å². The number of nitrogens with two attached hydrogens (primary N) is 1. The van der Waals surface area contributed by atoms with Gasteiger partial charge in [0, 0.05) is 49.9 Å². The van der Waals surface area contributed by atoms with Crippen LogP contribution < -0.4 is 10.6 Å². The molecule has 1 amide bonds. The molecule has 28 heavy (non-hydrogen) atoms. The Bertz CT molecular complexity index is 838. The second-order valence-electron chi connectivity index (χ2n) is 6.89. The summed E-state index contributed by atoms with van der Waals surface area (Å²) in [6, 6.07) is 7.86. The minimum absolute atomic E-state index is 0.0346. The molecule has 1 aromatic heterocycles. The molecule has 2 aromatic rings. The monoisotopic (exact) mass is 387 g/mol. The van der Waals surface area contributed by atoms with Crippen LogP contribution in [0.4, 0.5) is 5.69 Å². The molecule has 0 unspecified atom stereocenters. The Balaban J connectivity index is 2.64. The molecule has 0 radical (unpaired) electrons. The molecule has 1 aromatic carbocycles. The zero-order valence-corrected chi connectivity index (χ0v) is 17.0. The van der Waals surface area contributed by atoms with Gasteiger partial charge in [0.15, 0.2) is 0 Å². The molecule has 0 fully saturated rings. The topological polar surface area (TPSA) is 97.8 Å². The fraction of sp³-hybridized carbons (Fsp3) is 0.429. The summed E-state index contributed by atoms with van der Waals surface area (Å²) in [6.07, 6.45) is 1.15. The van der Waals surface area contributed by atoms with Crippen molar-refractivity contribution >= 4 is 17.6 Å². The molecule has 2 rings (SSSR count). The van der Waals surface area contributed by atoms with E-state index in [2.05, 4.69) is 0 Å². The Morgan fingerprint density at radius 1 is 1.21 bits per heavy atom. The number of anilines is 1. The molecule has 0 aliphatic rings. The maximum absolute atomic E-state index is 12.3. The van der Waals surface area contributed by atoms with E-state index in [1.54, 1.807) is 0 Å². The van der Waals surface area contributed by atoms with Gasteiger partial charge in [-0.25, -0.2) is 0 Å². The van der Waals surface area contributed by atoms with Crippen molar-refractivity contribution in [3.63, 3.8) is 0 Å². The number of carbonyl (C=O) groups excluding carboxylic acids is 2. The SMILES string of the molecule is COC(=O)CCc1c(-c2ccc(N(C)C)cc2)c(C(N)=O)c(C)n1CCCO. The lowest BCUT2D eigenvalue weighted by atomic mass is 9.97. The zero-order chi connectivity index (χ0) is 20.8. The van der Waals surface area contributed by atoms with Gasteiger partial charge in [-0.05, 0) is 37.5 Å². The summed E-state index contributed by atoms with van der Waals surface area (Å²) >= 11 is 0. The second-order valence-corrected chi connectivity index (χ2v) is 6.89. The third-order valence-corrected chi connectivity index (χ3v) is 4.88. The number of ether oxygens (including phenoxy) is 1. The number of nitrogens with zero attached hydrogens (tertiary/aromatic N) is 2. The van der Waals surface area contributed by atoms with Crippen LogP contribution in [0.3, 0.4) is 0 Å². The second kappa shape index (κ2) is 9.41. The number of rotatable bonds is 9. The fourth-order valence-electron chi connectivity index (χ4n) is 3.45. The molecule has 3 N–H and O–H groups in total. The zero-order valence-electron chi connectivity index (χ0n) is 17.0. The number of methoxy groups -OCH3 is 1. The van der Waals surface area contributed by atoms with Crippen LogP contribution in [0.15, 0.2) is 24.3 Å². The molecule has 0 atom stereocenters. The number of aliphatic hydroxyl groups is 1. The van der Waals surface area contributed by atoms with Crippen molar-refractivity contribution < 1.29 is 19.4 Å². The molecule has 152 valence electrons. The number of carbonyl (C=O) groups is 2. The van der Waals surface area contributed by atoms with Crippen LogP contribution in [0.25, 0.3) is 11.1 Å². The Morgan fingerprint density at radius 2 is 1.86 bits per heavy atom. The van der Waals surface area contributed by atoms with Gasteiger partial charge in [-0.15, -0.1) is 0 Å². The first-order chi connectivity index (χ1) is 13.3. The van der Waals surface area contributed by atoms with Gasteiger partial charge in [0.05, 0.1) is 19.1 Å². The average Bonchev–Trinajstić information content (AvgIpc) is 2.96. The van der Waals surface area contributed by atoms with Crippen molar-refractivity contribution in [2.45, 2.75) is 32.7 Å². The molecule has 0 bridgehead atoms. The first kappa shape index (κ1) is 21.5. The van der Waals surface area contributed by atoms with Crippen LogP contribution in [-0.2, 0) is 22.5 Å². The quantitative estimate of drug-likeness (QED) is 0.642. The van der Waals surface area contributed by atoms with E-state index in [1.807, 2.05) is 54.8 Å². The van der Waals surface area contributed by atoms with E-state index in [9.17, 15) is 14.7 Å². The predicted octanol–water partition coefficient (Wildman–Crippen LogP) is 2.12. The summed E-state index contributed by atoms with van der Waals surface area (Å²) in [5, 5.41) is 9.27. The normalized spacial score (nSPS) is 10.8. The number of amides is 1. The van der Waals surface area contributed by atoms with E-state index < -0.39 is 5.91 Å². The van der Waals surface area contributed by atoms with Crippen molar-refractivity contribution in [3.05, 3.63) is 41.2 Å². The van der Waals surface area contributed by atoms with Gasteiger partial charge in [-0.2, -0.15) is 0 Å². The lowest BCUT2D eigenvalue weighted by Gasteiger charge is -2.14. The lowest BCUT2D eigenvalue weighted by Crippen LogP contribution is -2.13.